The summed E-state index contributed by atoms with van der Waals surface area (Å²) in [5, 5.41) is 15.0. The first-order valence-electron chi connectivity index (χ1n) is 10.2. The molecule has 0 fully saturated rings. The number of carbonyl (C=O) groups excluding carboxylic acids is 3. The molecule has 0 radical (unpaired) electrons. The molecule has 2 atom stereocenters. The van der Waals surface area contributed by atoms with Crippen LogP contribution in [0.4, 0.5) is 0 Å². The minimum atomic E-state index is -2.15. The van der Waals surface area contributed by atoms with Crippen LogP contribution in [0.25, 0.3) is 10.9 Å². The van der Waals surface area contributed by atoms with Crippen molar-refractivity contribution in [1.82, 2.24) is 10.3 Å². The number of nitrogens with one attached hydrogen (secondary N) is 1. The third-order valence-electron chi connectivity index (χ3n) is 5.74. The first-order chi connectivity index (χ1) is 15.2. The van der Waals surface area contributed by atoms with Gasteiger partial charge in [0, 0.05) is 11.8 Å². The Morgan fingerprint density at radius 3 is 2.25 bits per heavy atom. The zero-order valence-corrected chi connectivity index (χ0v) is 17.7. The van der Waals surface area contributed by atoms with E-state index in [1.807, 2.05) is 18.2 Å². The molecule has 0 spiro atoms. The van der Waals surface area contributed by atoms with Crippen LogP contribution in [-0.4, -0.2) is 39.0 Å². The smallest absolute Gasteiger partial charge is 0.270 e. The van der Waals surface area contributed by atoms with Crippen LogP contribution in [0.15, 0.2) is 66.7 Å². The quantitative estimate of drug-likeness (QED) is 0.402. The van der Waals surface area contributed by atoms with E-state index in [9.17, 15) is 19.5 Å². The highest BCUT2D eigenvalue weighted by Crippen LogP contribution is 2.33. The lowest BCUT2D eigenvalue weighted by molar-refractivity contribution is -0.143. The molecule has 8 heteroatoms. The molecule has 32 heavy (non-hydrogen) atoms. The highest BCUT2D eigenvalue weighted by atomic mass is 16.3. The van der Waals surface area contributed by atoms with E-state index in [0.717, 1.165) is 5.39 Å². The van der Waals surface area contributed by atoms with Crippen LogP contribution in [0.2, 0.25) is 0 Å². The number of para-hydroxylation sites is 1. The Morgan fingerprint density at radius 1 is 0.969 bits per heavy atom. The lowest BCUT2D eigenvalue weighted by atomic mass is 9.71. The second-order valence-corrected chi connectivity index (χ2v) is 7.80. The predicted octanol–water partition coefficient (Wildman–Crippen LogP) is 1.45. The molecule has 0 saturated carbocycles. The van der Waals surface area contributed by atoms with Gasteiger partial charge in [-0.1, -0.05) is 61.5 Å². The Labute approximate surface area is 185 Å². The van der Waals surface area contributed by atoms with Crippen molar-refractivity contribution in [2.75, 3.05) is 0 Å². The maximum atomic E-state index is 13.2. The van der Waals surface area contributed by atoms with Crippen molar-refractivity contribution in [3.8, 4) is 0 Å². The standard InChI is InChI=1S/C24H26N4O4/c1-2-23(32,14-16-8-4-3-5-9-16)24(22(26)31,15-20(25)29)28-21(30)19-13-12-17-10-6-7-11-18(17)27-19/h3-13,32H,2,14-15H2,1H3,(H2,25,29)(H2,26,31)(H,28,30). The second kappa shape index (κ2) is 9.15. The summed E-state index contributed by atoms with van der Waals surface area (Å²) in [6.07, 6.45) is -0.686. The monoisotopic (exact) mass is 434 g/mol. The molecule has 0 aliphatic rings. The van der Waals surface area contributed by atoms with Gasteiger partial charge in [0.05, 0.1) is 11.9 Å². The molecule has 0 saturated heterocycles. The fourth-order valence-corrected chi connectivity index (χ4v) is 3.93. The molecule has 166 valence electrons. The zero-order valence-electron chi connectivity index (χ0n) is 17.7. The third-order valence-corrected chi connectivity index (χ3v) is 5.74. The first-order valence-corrected chi connectivity index (χ1v) is 10.2. The molecule has 0 aliphatic heterocycles. The number of aliphatic hydroxyl groups is 1. The topological polar surface area (TPSA) is 148 Å². The minimum Gasteiger partial charge on any atom is -0.387 e. The van der Waals surface area contributed by atoms with Gasteiger partial charge in [0.1, 0.15) is 11.3 Å². The molecule has 3 amide bonds. The molecular formula is C24H26N4O4. The molecule has 1 aromatic heterocycles. The van der Waals surface area contributed by atoms with Gasteiger partial charge in [-0.15, -0.1) is 0 Å². The molecule has 0 bridgehead atoms. The first kappa shape index (κ1) is 22.9. The van der Waals surface area contributed by atoms with Gasteiger partial charge in [-0.3, -0.25) is 14.4 Å². The van der Waals surface area contributed by atoms with Gasteiger partial charge >= 0.3 is 0 Å². The average Bonchev–Trinajstić information content (AvgIpc) is 2.78. The lowest BCUT2D eigenvalue weighted by Crippen LogP contribution is -2.72. The van der Waals surface area contributed by atoms with Crippen molar-refractivity contribution >= 4 is 28.6 Å². The maximum absolute atomic E-state index is 13.2. The number of nitrogens with two attached hydrogens (primary N) is 2. The number of pyridine rings is 1. The number of hydrogen-bond acceptors (Lipinski definition) is 5. The average molecular weight is 434 g/mol. The molecule has 1 heterocycles. The summed E-state index contributed by atoms with van der Waals surface area (Å²) in [6.45, 7) is 1.64. The van der Waals surface area contributed by atoms with E-state index in [-0.39, 0.29) is 18.5 Å². The van der Waals surface area contributed by atoms with Crippen molar-refractivity contribution in [2.24, 2.45) is 11.5 Å². The molecule has 3 aromatic rings. The number of amides is 3. The number of carbonyl (C=O) groups is 3. The van der Waals surface area contributed by atoms with E-state index >= 15 is 0 Å². The predicted molar refractivity (Wildman–Crippen MR) is 120 cm³/mol. The van der Waals surface area contributed by atoms with Gasteiger partial charge in [0.15, 0.2) is 5.54 Å². The van der Waals surface area contributed by atoms with Crippen molar-refractivity contribution in [1.29, 1.82) is 0 Å². The van der Waals surface area contributed by atoms with Gasteiger partial charge in [0.25, 0.3) is 5.91 Å². The highest BCUT2D eigenvalue weighted by molar-refractivity contribution is 6.01. The summed E-state index contributed by atoms with van der Waals surface area (Å²) in [4.78, 5) is 42.2. The van der Waals surface area contributed by atoms with E-state index in [0.29, 0.717) is 11.1 Å². The van der Waals surface area contributed by atoms with Gasteiger partial charge in [0.2, 0.25) is 11.8 Å². The molecule has 3 rings (SSSR count). The van der Waals surface area contributed by atoms with E-state index in [1.165, 1.54) is 6.07 Å². The molecule has 8 nitrogen and oxygen atoms in total. The van der Waals surface area contributed by atoms with Crippen LogP contribution in [0.1, 0.15) is 35.8 Å². The van der Waals surface area contributed by atoms with Crippen molar-refractivity contribution in [3.63, 3.8) is 0 Å². The molecular weight excluding hydrogens is 408 g/mol. The SMILES string of the molecule is CCC(O)(Cc1ccccc1)C(CC(N)=O)(NC(=O)c1ccc2ccccc2n1)C(N)=O. The van der Waals surface area contributed by atoms with Crippen LogP contribution in [0, 0.1) is 0 Å². The lowest BCUT2D eigenvalue weighted by Gasteiger charge is -2.44. The summed E-state index contributed by atoms with van der Waals surface area (Å²) in [5.74, 6) is -2.71. The summed E-state index contributed by atoms with van der Waals surface area (Å²) < 4.78 is 0. The van der Waals surface area contributed by atoms with Gasteiger partial charge < -0.3 is 21.9 Å². The van der Waals surface area contributed by atoms with Gasteiger partial charge in [-0.2, -0.15) is 0 Å². The normalized spacial score (nSPS) is 14.8. The number of hydrogen-bond donors (Lipinski definition) is 4. The minimum absolute atomic E-state index is 0.0111. The summed E-state index contributed by atoms with van der Waals surface area (Å²) >= 11 is 0. The Hall–Kier alpha value is -3.78. The number of rotatable bonds is 9. The highest BCUT2D eigenvalue weighted by Gasteiger charge is 2.56. The summed E-state index contributed by atoms with van der Waals surface area (Å²) in [7, 11) is 0. The van der Waals surface area contributed by atoms with Crippen molar-refractivity contribution in [3.05, 3.63) is 78.0 Å². The Morgan fingerprint density at radius 2 is 1.62 bits per heavy atom. The van der Waals surface area contributed by atoms with Crippen molar-refractivity contribution < 1.29 is 19.5 Å². The number of nitrogens with zero attached hydrogens (tertiary/aromatic N) is 1. The number of aromatic nitrogens is 1. The fourth-order valence-electron chi connectivity index (χ4n) is 3.93. The van der Waals surface area contributed by atoms with E-state index in [4.69, 9.17) is 11.5 Å². The van der Waals surface area contributed by atoms with Crippen molar-refractivity contribution in [2.45, 2.75) is 37.3 Å². The second-order valence-electron chi connectivity index (χ2n) is 7.80. The Kier molecular flexibility index (Phi) is 6.55. The summed E-state index contributed by atoms with van der Waals surface area (Å²) in [6, 6.07) is 19.3. The van der Waals surface area contributed by atoms with Crippen LogP contribution >= 0.6 is 0 Å². The fraction of sp³-hybridized carbons (Fsp3) is 0.250. The van der Waals surface area contributed by atoms with Crippen LogP contribution in [-0.2, 0) is 16.0 Å². The van der Waals surface area contributed by atoms with E-state index in [2.05, 4.69) is 10.3 Å². The largest absolute Gasteiger partial charge is 0.387 e. The van der Waals surface area contributed by atoms with Gasteiger partial charge in [-0.25, -0.2) is 4.98 Å². The number of fused-ring (bicyclic) bond motifs is 1. The maximum Gasteiger partial charge on any atom is 0.270 e. The van der Waals surface area contributed by atoms with Crippen LogP contribution < -0.4 is 16.8 Å². The summed E-state index contributed by atoms with van der Waals surface area (Å²) in [5.41, 5.74) is 8.39. The van der Waals surface area contributed by atoms with E-state index in [1.54, 1.807) is 49.4 Å². The number of primary amides is 2. The molecule has 2 unspecified atom stereocenters. The number of benzene rings is 2. The molecule has 0 aliphatic carbocycles. The molecule has 2 aromatic carbocycles. The zero-order chi connectivity index (χ0) is 23.4. The Balaban J connectivity index is 2.05. The Bertz CT molecular complexity index is 1150. The van der Waals surface area contributed by atoms with Crippen LogP contribution in [0.5, 0.6) is 0 Å². The van der Waals surface area contributed by atoms with Crippen LogP contribution in [0.3, 0.4) is 0 Å². The van der Waals surface area contributed by atoms with Gasteiger partial charge in [-0.05, 0) is 24.1 Å². The third kappa shape index (κ3) is 4.45. The molecule has 6 N–H and O–H groups in total. The van der Waals surface area contributed by atoms with E-state index < -0.39 is 35.3 Å².